The van der Waals surface area contributed by atoms with Crippen LogP contribution in [0.5, 0.6) is 0 Å². The van der Waals surface area contributed by atoms with E-state index in [1.54, 1.807) is 0 Å². The van der Waals surface area contributed by atoms with Crippen LogP contribution in [0.1, 0.15) is 57.7 Å². The first-order valence-corrected chi connectivity index (χ1v) is 7.80. The van der Waals surface area contributed by atoms with Gasteiger partial charge in [-0.15, -0.1) is 11.8 Å². The van der Waals surface area contributed by atoms with Gasteiger partial charge in [-0.3, -0.25) is 0 Å². The van der Waals surface area contributed by atoms with Gasteiger partial charge in [0.25, 0.3) is 0 Å². The van der Waals surface area contributed by atoms with E-state index in [-0.39, 0.29) is 0 Å². The van der Waals surface area contributed by atoms with Crippen LogP contribution in [0.4, 0.5) is 5.82 Å². The van der Waals surface area contributed by atoms with Crippen molar-refractivity contribution in [2.75, 3.05) is 12.4 Å². The molecule has 3 nitrogen and oxygen atoms in total. The Labute approximate surface area is 114 Å². The molecule has 0 aliphatic heterocycles. The standard InChI is InChI=1S/C14H23N3S/c1-10(2)14-16-12(15-3)9-13(17-14)18-11-7-5-4-6-8-11/h9-11H,4-8H2,1-3H3,(H,15,16,17). The molecule has 0 atom stereocenters. The van der Waals surface area contributed by atoms with Crippen molar-refractivity contribution in [2.24, 2.45) is 0 Å². The van der Waals surface area contributed by atoms with Crippen molar-refractivity contribution in [1.29, 1.82) is 0 Å². The second kappa shape index (κ2) is 6.41. The SMILES string of the molecule is CNc1cc(SC2CCCCC2)nc(C(C)C)n1. The van der Waals surface area contributed by atoms with Gasteiger partial charge in [0.1, 0.15) is 16.7 Å². The zero-order chi connectivity index (χ0) is 13.0. The Kier molecular flexibility index (Phi) is 4.87. The van der Waals surface area contributed by atoms with E-state index >= 15 is 0 Å². The Morgan fingerprint density at radius 2 is 1.94 bits per heavy atom. The van der Waals surface area contributed by atoms with Crippen LogP contribution >= 0.6 is 11.8 Å². The summed E-state index contributed by atoms with van der Waals surface area (Å²) in [6.07, 6.45) is 6.82. The van der Waals surface area contributed by atoms with Crippen molar-refractivity contribution in [3.8, 4) is 0 Å². The Balaban J connectivity index is 2.12. The Morgan fingerprint density at radius 3 is 2.56 bits per heavy atom. The highest BCUT2D eigenvalue weighted by molar-refractivity contribution is 7.99. The van der Waals surface area contributed by atoms with Crippen LogP contribution in [-0.2, 0) is 0 Å². The van der Waals surface area contributed by atoms with E-state index in [1.807, 2.05) is 18.8 Å². The second-order valence-electron chi connectivity index (χ2n) is 5.23. The Morgan fingerprint density at radius 1 is 1.22 bits per heavy atom. The van der Waals surface area contributed by atoms with Crippen LogP contribution in [0.15, 0.2) is 11.1 Å². The van der Waals surface area contributed by atoms with Crippen molar-refractivity contribution in [1.82, 2.24) is 9.97 Å². The monoisotopic (exact) mass is 265 g/mol. The first-order chi connectivity index (χ1) is 8.69. The maximum absolute atomic E-state index is 4.69. The van der Waals surface area contributed by atoms with Crippen molar-refractivity contribution < 1.29 is 0 Å². The zero-order valence-corrected chi connectivity index (χ0v) is 12.4. The molecule has 1 aliphatic rings. The summed E-state index contributed by atoms with van der Waals surface area (Å²) in [4.78, 5) is 9.20. The number of nitrogens with one attached hydrogen (secondary N) is 1. The highest BCUT2D eigenvalue weighted by Gasteiger charge is 2.16. The molecule has 0 amide bonds. The largest absolute Gasteiger partial charge is 0.373 e. The van der Waals surface area contributed by atoms with E-state index in [0.29, 0.717) is 5.92 Å². The van der Waals surface area contributed by atoms with Gasteiger partial charge in [0.05, 0.1) is 0 Å². The average molecular weight is 265 g/mol. The van der Waals surface area contributed by atoms with E-state index in [4.69, 9.17) is 0 Å². The molecular formula is C14H23N3S. The summed E-state index contributed by atoms with van der Waals surface area (Å²) < 4.78 is 0. The molecule has 1 aliphatic carbocycles. The van der Waals surface area contributed by atoms with Gasteiger partial charge in [-0.1, -0.05) is 33.1 Å². The fourth-order valence-corrected chi connectivity index (χ4v) is 3.48. The first kappa shape index (κ1) is 13.7. The average Bonchev–Trinajstić information content (AvgIpc) is 2.39. The summed E-state index contributed by atoms with van der Waals surface area (Å²) in [5, 5.41) is 5.01. The number of aromatic nitrogens is 2. The first-order valence-electron chi connectivity index (χ1n) is 6.92. The Hall–Kier alpha value is -0.770. The molecule has 0 bridgehead atoms. The summed E-state index contributed by atoms with van der Waals surface area (Å²) in [7, 11) is 1.92. The van der Waals surface area contributed by atoms with Gasteiger partial charge in [0.15, 0.2) is 0 Å². The molecule has 1 heterocycles. The van der Waals surface area contributed by atoms with Crippen molar-refractivity contribution >= 4 is 17.6 Å². The van der Waals surface area contributed by atoms with Gasteiger partial charge in [0.2, 0.25) is 0 Å². The number of thioether (sulfide) groups is 1. The van der Waals surface area contributed by atoms with E-state index in [1.165, 1.54) is 32.1 Å². The van der Waals surface area contributed by atoms with Crippen LogP contribution in [0.3, 0.4) is 0 Å². The van der Waals surface area contributed by atoms with Gasteiger partial charge < -0.3 is 5.32 Å². The number of anilines is 1. The molecule has 1 N–H and O–H groups in total. The minimum Gasteiger partial charge on any atom is -0.373 e. The van der Waals surface area contributed by atoms with Crippen molar-refractivity contribution in [2.45, 2.75) is 62.1 Å². The molecule has 100 valence electrons. The highest BCUT2D eigenvalue weighted by Crippen LogP contribution is 2.33. The fraction of sp³-hybridized carbons (Fsp3) is 0.714. The van der Waals surface area contributed by atoms with E-state index in [0.717, 1.165) is 21.9 Å². The topological polar surface area (TPSA) is 37.8 Å². The van der Waals surface area contributed by atoms with Crippen LogP contribution in [-0.4, -0.2) is 22.3 Å². The summed E-state index contributed by atoms with van der Waals surface area (Å²) in [5.41, 5.74) is 0. The summed E-state index contributed by atoms with van der Waals surface area (Å²) in [6.45, 7) is 4.29. The predicted molar refractivity (Wildman–Crippen MR) is 78.4 cm³/mol. The molecule has 0 saturated heterocycles. The minimum atomic E-state index is 0.379. The fourth-order valence-electron chi connectivity index (χ4n) is 2.24. The third-order valence-electron chi connectivity index (χ3n) is 3.33. The summed E-state index contributed by atoms with van der Waals surface area (Å²) in [5.74, 6) is 2.26. The molecular weight excluding hydrogens is 242 g/mol. The zero-order valence-electron chi connectivity index (χ0n) is 11.6. The summed E-state index contributed by atoms with van der Waals surface area (Å²) in [6, 6.07) is 2.07. The van der Waals surface area contributed by atoms with E-state index < -0.39 is 0 Å². The number of rotatable bonds is 4. The number of nitrogens with zero attached hydrogens (tertiary/aromatic N) is 2. The number of hydrogen-bond acceptors (Lipinski definition) is 4. The lowest BCUT2D eigenvalue weighted by molar-refractivity contribution is 0.515. The quantitative estimate of drug-likeness (QED) is 0.833. The van der Waals surface area contributed by atoms with Gasteiger partial charge in [0, 0.05) is 24.3 Å². The molecule has 1 aromatic heterocycles. The predicted octanol–water partition coefficient (Wildman–Crippen LogP) is 4.07. The Bertz CT molecular complexity index is 387. The molecule has 2 rings (SSSR count). The lowest BCUT2D eigenvalue weighted by atomic mass is 10.0. The molecule has 0 aromatic carbocycles. The lowest BCUT2D eigenvalue weighted by Crippen LogP contribution is -2.09. The molecule has 4 heteroatoms. The maximum Gasteiger partial charge on any atom is 0.134 e. The van der Waals surface area contributed by atoms with Gasteiger partial charge in [-0.05, 0) is 12.8 Å². The molecule has 18 heavy (non-hydrogen) atoms. The molecule has 0 radical (unpaired) electrons. The third kappa shape index (κ3) is 3.61. The lowest BCUT2D eigenvalue weighted by Gasteiger charge is -2.21. The van der Waals surface area contributed by atoms with Crippen LogP contribution in [0, 0.1) is 0 Å². The smallest absolute Gasteiger partial charge is 0.134 e. The second-order valence-corrected chi connectivity index (χ2v) is 6.55. The van der Waals surface area contributed by atoms with Gasteiger partial charge >= 0.3 is 0 Å². The molecule has 0 unspecified atom stereocenters. The highest BCUT2D eigenvalue weighted by atomic mass is 32.2. The third-order valence-corrected chi connectivity index (χ3v) is 4.59. The molecule has 1 saturated carbocycles. The van der Waals surface area contributed by atoms with Crippen molar-refractivity contribution in [3.63, 3.8) is 0 Å². The molecule has 1 fully saturated rings. The van der Waals surface area contributed by atoms with Crippen LogP contribution in [0.25, 0.3) is 0 Å². The van der Waals surface area contributed by atoms with E-state index in [2.05, 4.69) is 35.2 Å². The van der Waals surface area contributed by atoms with Gasteiger partial charge in [-0.2, -0.15) is 0 Å². The normalized spacial score (nSPS) is 17.1. The molecule has 1 aromatic rings. The van der Waals surface area contributed by atoms with E-state index in [9.17, 15) is 0 Å². The van der Waals surface area contributed by atoms with Crippen LogP contribution in [0.2, 0.25) is 0 Å². The maximum atomic E-state index is 4.69. The number of hydrogen-bond donors (Lipinski definition) is 1. The van der Waals surface area contributed by atoms with Crippen molar-refractivity contribution in [3.05, 3.63) is 11.9 Å². The van der Waals surface area contributed by atoms with Crippen LogP contribution < -0.4 is 5.32 Å². The minimum absolute atomic E-state index is 0.379. The van der Waals surface area contributed by atoms with Gasteiger partial charge in [-0.25, -0.2) is 9.97 Å². The summed E-state index contributed by atoms with van der Waals surface area (Å²) >= 11 is 1.93. The molecule has 0 spiro atoms.